The van der Waals surface area contributed by atoms with Gasteiger partial charge in [0, 0.05) is 11.8 Å². The van der Waals surface area contributed by atoms with Gasteiger partial charge in [-0.05, 0) is 6.92 Å². The van der Waals surface area contributed by atoms with E-state index in [1.807, 2.05) is 0 Å². The summed E-state index contributed by atoms with van der Waals surface area (Å²) in [5.74, 6) is 0.0107. The van der Waals surface area contributed by atoms with E-state index in [2.05, 4.69) is 4.98 Å². The topological polar surface area (TPSA) is 131 Å². The second-order valence-electron chi connectivity index (χ2n) is 4.07. The largest absolute Gasteiger partial charge is 0.394 e. The second-order valence-corrected chi connectivity index (χ2v) is 4.07. The summed E-state index contributed by atoms with van der Waals surface area (Å²) in [6.07, 6.45) is -5.38. The Morgan fingerprint density at radius 2 is 2.28 bits per heavy atom. The van der Waals surface area contributed by atoms with Crippen LogP contribution < -0.4 is 11.4 Å². The first-order valence-electron chi connectivity index (χ1n) is 5.82. The maximum Gasteiger partial charge on any atom is 0.351 e. The fraction of sp³-hybridized carbons (Fsp3) is 0.600. The maximum atomic E-state index is 11.7. The summed E-state index contributed by atoms with van der Waals surface area (Å²) in [7, 11) is 0. The number of nitrogen functional groups attached to an aromatic ring is 1. The van der Waals surface area contributed by atoms with E-state index >= 15 is 0 Å². The van der Waals surface area contributed by atoms with Gasteiger partial charge in [-0.3, -0.25) is 4.57 Å². The third-order valence-electron chi connectivity index (χ3n) is 2.80. The number of ether oxygens (including phenoxy) is 1. The summed E-state index contributed by atoms with van der Waals surface area (Å²) < 4.78 is 13.9. The minimum absolute atomic E-state index is 0.0107. The number of nitrogens with zero attached hydrogens (tertiary/aromatic N) is 2. The van der Waals surface area contributed by atoms with Crippen LogP contribution in [0.1, 0.15) is 13.1 Å². The van der Waals surface area contributed by atoms with Gasteiger partial charge >= 0.3 is 5.69 Å². The quantitative estimate of drug-likeness (QED) is 0.471. The Kier molecular flexibility index (Phi) is 3.00. The molecule has 0 aliphatic carbocycles. The third kappa shape index (κ3) is 1.99. The van der Waals surface area contributed by atoms with Gasteiger partial charge in [0.05, 0.1) is 7.98 Å². The van der Waals surface area contributed by atoms with Crippen LogP contribution in [0.4, 0.5) is 5.82 Å². The minimum Gasteiger partial charge on any atom is -0.394 e. The van der Waals surface area contributed by atoms with E-state index in [-0.39, 0.29) is 5.82 Å². The predicted molar refractivity (Wildman–Crippen MR) is 60.7 cm³/mol. The summed E-state index contributed by atoms with van der Waals surface area (Å²) >= 11 is 0. The first kappa shape index (κ1) is 11.6. The van der Waals surface area contributed by atoms with Crippen LogP contribution in [0.25, 0.3) is 0 Å². The van der Waals surface area contributed by atoms with Crippen molar-refractivity contribution in [3.8, 4) is 0 Å². The highest BCUT2D eigenvalue weighted by molar-refractivity contribution is 5.35. The molecule has 1 aliphatic rings. The van der Waals surface area contributed by atoms with Gasteiger partial charge in [0.2, 0.25) is 0 Å². The van der Waals surface area contributed by atoms with Gasteiger partial charge in [-0.2, -0.15) is 4.98 Å². The summed E-state index contributed by atoms with van der Waals surface area (Å²) in [5.41, 5.74) is 5.00. The SMILES string of the molecule is [2H][C@@]1(n2cc(C)c(N)nc2=O)O[C@H](CO)[C@@H](O)[C@H]1O. The van der Waals surface area contributed by atoms with Gasteiger partial charge in [0.25, 0.3) is 0 Å². The Hall–Kier alpha value is -1.48. The molecule has 1 saturated heterocycles. The number of aliphatic hydroxyl groups excluding tert-OH is 3. The van der Waals surface area contributed by atoms with E-state index in [1.165, 1.54) is 6.20 Å². The molecule has 4 atom stereocenters. The number of aryl methyl sites for hydroxylation is 1. The van der Waals surface area contributed by atoms with Crippen molar-refractivity contribution >= 4 is 5.82 Å². The van der Waals surface area contributed by atoms with Gasteiger partial charge < -0.3 is 25.8 Å². The maximum absolute atomic E-state index is 11.7. The van der Waals surface area contributed by atoms with Crippen molar-refractivity contribution < 1.29 is 21.4 Å². The van der Waals surface area contributed by atoms with Crippen LogP contribution in [0.2, 0.25) is 0 Å². The summed E-state index contributed by atoms with van der Waals surface area (Å²) in [6.45, 7) is 0.984. The lowest BCUT2D eigenvalue weighted by Gasteiger charge is -2.17. The summed E-state index contributed by atoms with van der Waals surface area (Å²) in [6, 6.07) is 0. The molecule has 0 saturated carbocycles. The van der Waals surface area contributed by atoms with Crippen LogP contribution in [0.5, 0.6) is 0 Å². The Balaban J connectivity index is 2.52. The van der Waals surface area contributed by atoms with Gasteiger partial charge in [0.1, 0.15) is 24.1 Å². The number of nitrogens with two attached hydrogens (primary N) is 1. The molecule has 0 unspecified atom stereocenters. The zero-order valence-corrected chi connectivity index (χ0v) is 9.65. The average Bonchev–Trinajstić information content (AvgIpc) is 2.59. The van der Waals surface area contributed by atoms with E-state index in [0.29, 0.717) is 5.56 Å². The number of aliphatic hydroxyl groups is 3. The van der Waals surface area contributed by atoms with Crippen molar-refractivity contribution in [3.63, 3.8) is 0 Å². The van der Waals surface area contributed by atoms with Gasteiger partial charge in [-0.15, -0.1) is 0 Å². The molecule has 8 heteroatoms. The molecule has 5 N–H and O–H groups in total. The van der Waals surface area contributed by atoms with Gasteiger partial charge in [-0.25, -0.2) is 4.79 Å². The molecule has 0 aromatic carbocycles. The average molecular weight is 258 g/mol. The molecule has 1 fully saturated rings. The normalized spacial score (nSPS) is 36.7. The number of anilines is 1. The van der Waals surface area contributed by atoms with E-state index in [0.717, 1.165) is 4.57 Å². The molecular formula is C10H15N3O5. The highest BCUT2D eigenvalue weighted by atomic mass is 16.6. The lowest BCUT2D eigenvalue weighted by Crippen LogP contribution is -2.36. The molecule has 0 bridgehead atoms. The molecule has 18 heavy (non-hydrogen) atoms. The predicted octanol–water partition coefficient (Wildman–Crippen LogP) is -2.25. The molecule has 8 nitrogen and oxygen atoms in total. The number of rotatable bonds is 2. The highest BCUT2D eigenvalue weighted by Gasteiger charge is 2.43. The van der Waals surface area contributed by atoms with Crippen molar-refractivity contribution in [3.05, 3.63) is 22.2 Å². The Morgan fingerprint density at radius 3 is 2.83 bits per heavy atom. The fourth-order valence-electron chi connectivity index (χ4n) is 1.71. The van der Waals surface area contributed by atoms with Crippen LogP contribution in [0.15, 0.2) is 11.0 Å². The lowest BCUT2D eigenvalue weighted by atomic mass is 10.1. The van der Waals surface area contributed by atoms with E-state index in [1.54, 1.807) is 6.92 Å². The number of aromatic nitrogens is 2. The van der Waals surface area contributed by atoms with Crippen molar-refractivity contribution in [2.75, 3.05) is 12.3 Å². The molecule has 0 amide bonds. The summed E-state index contributed by atoms with van der Waals surface area (Å²) in [4.78, 5) is 15.3. The van der Waals surface area contributed by atoms with Crippen LogP contribution in [0, 0.1) is 6.92 Å². The molecule has 2 rings (SSSR count). The second kappa shape index (κ2) is 4.65. The van der Waals surface area contributed by atoms with E-state index in [9.17, 15) is 15.0 Å². The molecule has 0 radical (unpaired) electrons. The molecule has 2 heterocycles. The standard InChI is InChI=1S/C10H15N3O5/c1-4-2-13(10(17)12-8(4)11)9-7(16)6(15)5(3-14)18-9/h2,5-7,9,14-16H,3H2,1H3,(H2,11,12,17)/t5-,6-,7-,9-/m1/s1/i9D. The van der Waals surface area contributed by atoms with Crippen molar-refractivity contribution in [2.24, 2.45) is 0 Å². The van der Waals surface area contributed by atoms with E-state index in [4.69, 9.17) is 16.9 Å². The first-order valence-corrected chi connectivity index (χ1v) is 5.32. The molecule has 1 aromatic rings. The molecule has 0 spiro atoms. The third-order valence-corrected chi connectivity index (χ3v) is 2.80. The zero-order valence-electron chi connectivity index (χ0n) is 10.6. The Bertz CT molecular complexity index is 550. The van der Waals surface area contributed by atoms with Crippen LogP contribution in [-0.4, -0.2) is 49.8 Å². The number of hydrogen-bond acceptors (Lipinski definition) is 7. The molecule has 1 aliphatic heterocycles. The molecule has 1 aromatic heterocycles. The van der Waals surface area contributed by atoms with E-state index < -0.39 is 36.8 Å². The first-order chi connectivity index (χ1) is 8.81. The smallest absolute Gasteiger partial charge is 0.351 e. The van der Waals surface area contributed by atoms with Crippen LogP contribution >= 0.6 is 0 Å². The molecular weight excluding hydrogens is 242 g/mol. The zero-order chi connectivity index (χ0) is 14.4. The minimum atomic E-state index is -2.25. The van der Waals surface area contributed by atoms with Crippen LogP contribution in [-0.2, 0) is 4.74 Å². The van der Waals surface area contributed by atoms with Crippen LogP contribution in [0.3, 0.4) is 0 Å². The van der Waals surface area contributed by atoms with Crippen molar-refractivity contribution in [1.82, 2.24) is 9.55 Å². The van der Waals surface area contributed by atoms with Crippen molar-refractivity contribution in [1.29, 1.82) is 0 Å². The highest BCUT2D eigenvalue weighted by Crippen LogP contribution is 2.28. The fourth-order valence-corrected chi connectivity index (χ4v) is 1.71. The summed E-state index contributed by atoms with van der Waals surface area (Å²) in [5, 5.41) is 28.5. The Labute approximate surface area is 104 Å². The molecule has 100 valence electrons. The number of hydrogen-bond donors (Lipinski definition) is 4. The van der Waals surface area contributed by atoms with Gasteiger partial charge in [0.15, 0.2) is 6.20 Å². The lowest BCUT2D eigenvalue weighted by molar-refractivity contribution is -0.0550. The Morgan fingerprint density at radius 1 is 1.61 bits per heavy atom. The monoisotopic (exact) mass is 258 g/mol. The van der Waals surface area contributed by atoms with Gasteiger partial charge in [-0.1, -0.05) is 0 Å². The van der Waals surface area contributed by atoms with Crippen molar-refractivity contribution in [2.45, 2.75) is 31.4 Å².